The molecule has 1 aliphatic heterocycles. The first-order chi connectivity index (χ1) is 8.49. The van der Waals surface area contributed by atoms with Gasteiger partial charge in [-0.1, -0.05) is 0 Å². The Morgan fingerprint density at radius 1 is 1.44 bits per heavy atom. The van der Waals surface area contributed by atoms with Crippen LogP contribution in [0.3, 0.4) is 0 Å². The lowest BCUT2D eigenvalue weighted by atomic mass is 10.1. The quantitative estimate of drug-likeness (QED) is 0.836. The van der Waals surface area contributed by atoms with E-state index in [0.717, 1.165) is 24.2 Å². The molecule has 0 bridgehead atoms. The maximum absolute atomic E-state index is 11.1. The van der Waals surface area contributed by atoms with E-state index in [-0.39, 0.29) is 11.8 Å². The van der Waals surface area contributed by atoms with E-state index in [4.69, 9.17) is 10.8 Å². The van der Waals surface area contributed by atoms with Crippen molar-refractivity contribution in [3.63, 3.8) is 0 Å². The van der Waals surface area contributed by atoms with Gasteiger partial charge < -0.3 is 15.7 Å². The zero-order valence-electron chi connectivity index (χ0n) is 10.2. The summed E-state index contributed by atoms with van der Waals surface area (Å²) < 4.78 is 0. The first-order valence-corrected chi connectivity index (χ1v) is 5.87. The molecule has 1 aromatic carbocycles. The van der Waals surface area contributed by atoms with Crippen molar-refractivity contribution in [1.82, 2.24) is 0 Å². The third-order valence-corrected chi connectivity index (χ3v) is 3.40. The van der Waals surface area contributed by atoms with Crippen LogP contribution >= 0.6 is 0 Å². The molecule has 0 saturated carbocycles. The van der Waals surface area contributed by atoms with Crippen LogP contribution in [-0.2, 0) is 4.79 Å². The van der Waals surface area contributed by atoms with Gasteiger partial charge in [-0.2, -0.15) is 0 Å². The third kappa shape index (κ3) is 2.30. The Morgan fingerprint density at radius 3 is 2.67 bits per heavy atom. The summed E-state index contributed by atoms with van der Waals surface area (Å²) >= 11 is 0. The van der Waals surface area contributed by atoms with Crippen LogP contribution in [0.5, 0.6) is 0 Å². The second-order valence-electron chi connectivity index (χ2n) is 4.64. The summed E-state index contributed by atoms with van der Waals surface area (Å²) in [5.41, 5.74) is 7.27. The van der Waals surface area contributed by atoms with E-state index in [9.17, 15) is 9.59 Å². The first-order valence-electron chi connectivity index (χ1n) is 5.87. The normalized spacial score (nSPS) is 18.9. The number of carbonyl (C=O) groups excluding carboxylic acids is 1. The number of anilines is 1. The van der Waals surface area contributed by atoms with Gasteiger partial charge in [-0.05, 0) is 37.1 Å². The smallest absolute Gasteiger partial charge is 0.335 e. The number of aryl methyl sites for hydroxylation is 1. The van der Waals surface area contributed by atoms with E-state index in [1.807, 2.05) is 6.07 Å². The minimum atomic E-state index is -0.921. The van der Waals surface area contributed by atoms with Gasteiger partial charge in [0.05, 0.1) is 11.5 Å². The summed E-state index contributed by atoms with van der Waals surface area (Å²) in [6.07, 6.45) is 0.759. The van der Waals surface area contributed by atoms with Crippen molar-refractivity contribution >= 4 is 17.6 Å². The molecule has 1 aromatic rings. The van der Waals surface area contributed by atoms with Gasteiger partial charge in [0, 0.05) is 18.8 Å². The highest BCUT2D eigenvalue weighted by molar-refractivity contribution is 5.90. The highest BCUT2D eigenvalue weighted by Gasteiger charge is 2.26. The molecule has 1 unspecified atom stereocenters. The molecule has 1 aliphatic rings. The Morgan fingerprint density at radius 2 is 2.17 bits per heavy atom. The highest BCUT2D eigenvalue weighted by Crippen LogP contribution is 2.25. The number of carboxylic acids is 1. The van der Waals surface area contributed by atoms with Crippen LogP contribution in [-0.4, -0.2) is 30.1 Å². The summed E-state index contributed by atoms with van der Waals surface area (Å²) in [7, 11) is 0. The van der Waals surface area contributed by atoms with Crippen molar-refractivity contribution < 1.29 is 14.7 Å². The molecular weight excluding hydrogens is 232 g/mol. The third-order valence-electron chi connectivity index (χ3n) is 3.40. The van der Waals surface area contributed by atoms with E-state index in [0.29, 0.717) is 12.1 Å². The fraction of sp³-hybridized carbons (Fsp3) is 0.385. The van der Waals surface area contributed by atoms with Crippen molar-refractivity contribution in [1.29, 1.82) is 0 Å². The number of amides is 1. The molecule has 1 atom stereocenters. The maximum Gasteiger partial charge on any atom is 0.335 e. The Kier molecular flexibility index (Phi) is 3.23. The van der Waals surface area contributed by atoms with Gasteiger partial charge in [0.25, 0.3) is 0 Å². The number of nitrogens with zero attached hydrogens (tertiary/aromatic N) is 1. The van der Waals surface area contributed by atoms with Crippen LogP contribution in [0, 0.1) is 12.8 Å². The molecule has 1 fully saturated rings. The van der Waals surface area contributed by atoms with Crippen molar-refractivity contribution in [2.24, 2.45) is 11.7 Å². The van der Waals surface area contributed by atoms with Crippen LogP contribution in [0.25, 0.3) is 0 Å². The lowest BCUT2D eigenvalue weighted by Gasteiger charge is -2.19. The molecule has 0 aromatic heterocycles. The average Bonchev–Trinajstić information content (AvgIpc) is 2.77. The lowest BCUT2D eigenvalue weighted by molar-refractivity contribution is -0.121. The molecule has 2 rings (SSSR count). The van der Waals surface area contributed by atoms with Crippen LogP contribution in [0.4, 0.5) is 5.69 Å². The zero-order valence-corrected chi connectivity index (χ0v) is 10.2. The topological polar surface area (TPSA) is 83.6 Å². The van der Waals surface area contributed by atoms with Gasteiger partial charge in [-0.25, -0.2) is 4.79 Å². The largest absolute Gasteiger partial charge is 0.478 e. The van der Waals surface area contributed by atoms with Crippen LogP contribution in [0.15, 0.2) is 18.2 Å². The first kappa shape index (κ1) is 12.4. The summed E-state index contributed by atoms with van der Waals surface area (Å²) in [6.45, 7) is 3.16. The SMILES string of the molecule is Cc1cc(N2CCC(C(N)=O)C2)ccc1C(=O)O. The van der Waals surface area contributed by atoms with E-state index < -0.39 is 5.97 Å². The molecule has 1 saturated heterocycles. The molecule has 0 radical (unpaired) electrons. The molecule has 0 aliphatic carbocycles. The Labute approximate surface area is 105 Å². The van der Waals surface area contributed by atoms with E-state index in [2.05, 4.69) is 4.90 Å². The number of primary amides is 1. The molecule has 5 nitrogen and oxygen atoms in total. The van der Waals surface area contributed by atoms with E-state index in [1.54, 1.807) is 19.1 Å². The fourth-order valence-electron chi connectivity index (χ4n) is 2.31. The second-order valence-corrected chi connectivity index (χ2v) is 4.64. The van der Waals surface area contributed by atoms with Crippen molar-refractivity contribution in [2.75, 3.05) is 18.0 Å². The molecule has 96 valence electrons. The number of carboxylic acid groups (broad SMARTS) is 1. The molecule has 0 spiro atoms. The van der Waals surface area contributed by atoms with Crippen LogP contribution in [0.1, 0.15) is 22.3 Å². The molecule has 18 heavy (non-hydrogen) atoms. The van der Waals surface area contributed by atoms with E-state index >= 15 is 0 Å². The summed E-state index contributed by atoms with van der Waals surface area (Å²) in [5, 5.41) is 8.96. The highest BCUT2D eigenvalue weighted by atomic mass is 16.4. The number of rotatable bonds is 3. The van der Waals surface area contributed by atoms with Crippen LogP contribution < -0.4 is 10.6 Å². The molecule has 1 amide bonds. The summed E-state index contributed by atoms with van der Waals surface area (Å²) in [5.74, 6) is -1.30. The molecular formula is C13H16N2O3. The fourth-order valence-corrected chi connectivity index (χ4v) is 2.31. The standard InChI is InChI=1S/C13H16N2O3/c1-8-6-10(2-3-11(8)13(17)18)15-5-4-9(7-15)12(14)16/h2-3,6,9H,4-5,7H2,1H3,(H2,14,16)(H,17,18). The summed E-state index contributed by atoms with van der Waals surface area (Å²) in [4.78, 5) is 24.1. The number of carbonyl (C=O) groups is 2. The monoisotopic (exact) mass is 248 g/mol. The maximum atomic E-state index is 11.1. The zero-order chi connectivity index (χ0) is 13.3. The number of benzene rings is 1. The Balaban J connectivity index is 2.18. The minimum Gasteiger partial charge on any atom is -0.478 e. The second kappa shape index (κ2) is 4.68. The van der Waals surface area contributed by atoms with Crippen molar-refractivity contribution in [3.8, 4) is 0 Å². The van der Waals surface area contributed by atoms with Gasteiger partial charge in [0.15, 0.2) is 0 Å². The van der Waals surface area contributed by atoms with Crippen LogP contribution in [0.2, 0.25) is 0 Å². The molecule has 3 N–H and O–H groups in total. The van der Waals surface area contributed by atoms with E-state index in [1.165, 1.54) is 0 Å². The van der Waals surface area contributed by atoms with Gasteiger partial charge in [0.2, 0.25) is 5.91 Å². The van der Waals surface area contributed by atoms with Gasteiger partial charge in [-0.3, -0.25) is 4.79 Å². The predicted molar refractivity (Wildman–Crippen MR) is 67.7 cm³/mol. The van der Waals surface area contributed by atoms with Gasteiger partial charge in [0.1, 0.15) is 0 Å². The predicted octanol–water partition coefficient (Wildman–Crippen LogP) is 1.00. The molecule has 5 heteroatoms. The number of hydrogen-bond acceptors (Lipinski definition) is 3. The Bertz CT molecular complexity index is 499. The number of aromatic carboxylic acids is 1. The summed E-state index contributed by atoms with van der Waals surface area (Å²) in [6, 6.07) is 5.22. The van der Waals surface area contributed by atoms with Crippen molar-refractivity contribution in [3.05, 3.63) is 29.3 Å². The average molecular weight is 248 g/mol. The number of hydrogen-bond donors (Lipinski definition) is 2. The van der Waals surface area contributed by atoms with Crippen molar-refractivity contribution in [2.45, 2.75) is 13.3 Å². The lowest BCUT2D eigenvalue weighted by Crippen LogP contribution is -2.27. The minimum absolute atomic E-state index is 0.107. The van der Waals surface area contributed by atoms with Gasteiger partial charge in [-0.15, -0.1) is 0 Å². The number of nitrogens with two attached hydrogens (primary N) is 1. The molecule has 1 heterocycles. The Hall–Kier alpha value is -2.04. The van der Waals surface area contributed by atoms with Gasteiger partial charge >= 0.3 is 5.97 Å².